The molecule has 23 heavy (non-hydrogen) atoms. The predicted molar refractivity (Wildman–Crippen MR) is 88.9 cm³/mol. The standard InChI is InChI=1S/C18H12ClFN2O/c19-13-4-7-17(22-10-13)18(23)12-3-1-2-11(8-12)15-9-14(20)5-6-16(15)21/h1-10H,21H2. The fraction of sp³-hybridized carbons (Fsp3) is 0. The van der Waals surface area contributed by atoms with Gasteiger partial charge in [0.25, 0.3) is 0 Å². The van der Waals surface area contributed by atoms with Crippen LogP contribution in [0, 0.1) is 5.82 Å². The highest BCUT2D eigenvalue weighted by atomic mass is 35.5. The van der Waals surface area contributed by atoms with Gasteiger partial charge >= 0.3 is 0 Å². The molecule has 0 atom stereocenters. The van der Waals surface area contributed by atoms with Gasteiger partial charge in [-0.05, 0) is 42.0 Å². The Kier molecular flexibility index (Phi) is 4.08. The van der Waals surface area contributed by atoms with Crippen molar-refractivity contribution in [1.82, 2.24) is 4.98 Å². The third-order valence-electron chi connectivity index (χ3n) is 3.41. The molecular weight excluding hydrogens is 315 g/mol. The molecular formula is C18H12ClFN2O. The van der Waals surface area contributed by atoms with E-state index in [4.69, 9.17) is 17.3 Å². The number of pyridine rings is 1. The second-order valence-electron chi connectivity index (χ2n) is 5.00. The molecule has 1 aromatic heterocycles. The zero-order valence-electron chi connectivity index (χ0n) is 12.0. The number of nitrogen functional groups attached to an aromatic ring is 1. The summed E-state index contributed by atoms with van der Waals surface area (Å²) in [5.74, 6) is -0.621. The average Bonchev–Trinajstić information content (AvgIpc) is 2.57. The van der Waals surface area contributed by atoms with Crippen molar-refractivity contribution >= 4 is 23.1 Å². The highest BCUT2D eigenvalue weighted by molar-refractivity contribution is 6.30. The van der Waals surface area contributed by atoms with E-state index in [0.717, 1.165) is 0 Å². The number of aromatic nitrogens is 1. The predicted octanol–water partition coefficient (Wildman–Crippen LogP) is 4.35. The number of rotatable bonds is 3. The smallest absolute Gasteiger partial charge is 0.211 e. The van der Waals surface area contributed by atoms with Gasteiger partial charge in [-0.15, -0.1) is 0 Å². The normalized spacial score (nSPS) is 10.5. The summed E-state index contributed by atoms with van der Waals surface area (Å²) >= 11 is 5.78. The van der Waals surface area contributed by atoms with Crippen LogP contribution in [0.2, 0.25) is 5.02 Å². The van der Waals surface area contributed by atoms with E-state index in [0.29, 0.717) is 33.1 Å². The quantitative estimate of drug-likeness (QED) is 0.575. The van der Waals surface area contributed by atoms with Gasteiger partial charge in [-0.3, -0.25) is 9.78 Å². The molecule has 0 unspecified atom stereocenters. The summed E-state index contributed by atoms with van der Waals surface area (Å²) in [6.07, 6.45) is 1.42. The molecule has 114 valence electrons. The number of hydrogen-bond acceptors (Lipinski definition) is 3. The average molecular weight is 327 g/mol. The third-order valence-corrected chi connectivity index (χ3v) is 3.63. The van der Waals surface area contributed by atoms with Crippen LogP contribution in [0.5, 0.6) is 0 Å². The van der Waals surface area contributed by atoms with Crippen LogP contribution >= 0.6 is 11.6 Å². The number of nitrogens with zero attached hydrogens (tertiary/aromatic N) is 1. The molecule has 3 rings (SSSR count). The van der Waals surface area contributed by atoms with Crippen molar-refractivity contribution in [3.63, 3.8) is 0 Å². The van der Waals surface area contributed by atoms with E-state index in [2.05, 4.69) is 4.98 Å². The topological polar surface area (TPSA) is 56.0 Å². The lowest BCUT2D eigenvalue weighted by Gasteiger charge is -2.08. The zero-order valence-corrected chi connectivity index (χ0v) is 12.7. The molecule has 5 heteroatoms. The molecule has 2 aromatic carbocycles. The second kappa shape index (κ2) is 6.18. The number of nitrogens with two attached hydrogens (primary N) is 1. The molecule has 0 amide bonds. The van der Waals surface area contributed by atoms with Crippen LogP contribution in [0.15, 0.2) is 60.8 Å². The molecule has 0 aliphatic carbocycles. The minimum Gasteiger partial charge on any atom is -0.398 e. The van der Waals surface area contributed by atoms with Crippen LogP contribution < -0.4 is 5.73 Å². The first-order valence-electron chi connectivity index (χ1n) is 6.86. The Balaban J connectivity index is 2.01. The maximum Gasteiger partial charge on any atom is 0.211 e. The molecule has 0 radical (unpaired) electrons. The first kappa shape index (κ1) is 15.2. The van der Waals surface area contributed by atoms with Gasteiger partial charge in [-0.1, -0.05) is 29.8 Å². The van der Waals surface area contributed by atoms with E-state index in [1.165, 1.54) is 24.4 Å². The van der Waals surface area contributed by atoms with Crippen molar-refractivity contribution in [2.24, 2.45) is 0 Å². The Morgan fingerprint density at radius 2 is 1.91 bits per heavy atom. The van der Waals surface area contributed by atoms with Crippen LogP contribution in [-0.4, -0.2) is 10.8 Å². The first-order valence-corrected chi connectivity index (χ1v) is 7.24. The number of benzene rings is 2. The molecule has 0 saturated heterocycles. The molecule has 1 heterocycles. The molecule has 0 spiro atoms. The maximum atomic E-state index is 13.4. The van der Waals surface area contributed by atoms with Crippen LogP contribution in [0.25, 0.3) is 11.1 Å². The highest BCUT2D eigenvalue weighted by Gasteiger charge is 2.12. The SMILES string of the molecule is Nc1ccc(F)cc1-c1cccc(C(=O)c2ccc(Cl)cn2)c1. The molecule has 0 saturated carbocycles. The number of carbonyl (C=O) groups is 1. The van der Waals surface area contributed by atoms with Gasteiger partial charge in [-0.25, -0.2) is 4.39 Å². The second-order valence-corrected chi connectivity index (χ2v) is 5.44. The Labute approximate surface area is 137 Å². The summed E-state index contributed by atoms with van der Waals surface area (Å²) < 4.78 is 13.4. The van der Waals surface area contributed by atoms with E-state index in [1.807, 2.05) is 0 Å². The van der Waals surface area contributed by atoms with Gasteiger partial charge in [0.15, 0.2) is 0 Å². The fourth-order valence-corrected chi connectivity index (χ4v) is 2.38. The molecule has 0 bridgehead atoms. The van der Waals surface area contributed by atoms with Crippen LogP contribution in [0.1, 0.15) is 16.1 Å². The molecule has 3 aromatic rings. The van der Waals surface area contributed by atoms with Crippen molar-refractivity contribution in [3.05, 3.63) is 82.9 Å². The monoisotopic (exact) mass is 326 g/mol. The van der Waals surface area contributed by atoms with Gasteiger partial charge in [0.2, 0.25) is 5.78 Å². The molecule has 0 aliphatic rings. The summed E-state index contributed by atoms with van der Waals surface area (Å²) in [5.41, 5.74) is 8.29. The van der Waals surface area contributed by atoms with Crippen LogP contribution in [0.3, 0.4) is 0 Å². The number of halogens is 2. The largest absolute Gasteiger partial charge is 0.398 e. The van der Waals surface area contributed by atoms with E-state index in [1.54, 1.807) is 36.4 Å². The summed E-state index contributed by atoms with van der Waals surface area (Å²) in [6.45, 7) is 0. The summed E-state index contributed by atoms with van der Waals surface area (Å²) in [6, 6.07) is 14.2. The van der Waals surface area contributed by atoms with Gasteiger partial charge in [0, 0.05) is 23.0 Å². The lowest BCUT2D eigenvalue weighted by Crippen LogP contribution is -2.04. The Hall–Kier alpha value is -2.72. The third kappa shape index (κ3) is 3.22. The van der Waals surface area contributed by atoms with Gasteiger partial charge in [0.1, 0.15) is 11.5 Å². The fourth-order valence-electron chi connectivity index (χ4n) is 2.26. The van der Waals surface area contributed by atoms with Crippen molar-refractivity contribution in [2.45, 2.75) is 0 Å². The maximum absolute atomic E-state index is 13.4. The molecule has 2 N–H and O–H groups in total. The molecule has 0 aliphatic heterocycles. The number of carbonyl (C=O) groups excluding carboxylic acids is 1. The number of anilines is 1. The minimum atomic E-state index is -0.384. The number of ketones is 1. The van der Waals surface area contributed by atoms with Gasteiger partial charge in [0.05, 0.1) is 5.02 Å². The molecule has 3 nitrogen and oxygen atoms in total. The Morgan fingerprint density at radius 3 is 2.65 bits per heavy atom. The summed E-state index contributed by atoms with van der Waals surface area (Å²) in [4.78, 5) is 16.5. The zero-order chi connectivity index (χ0) is 16.4. The van der Waals surface area contributed by atoms with Crippen molar-refractivity contribution in [1.29, 1.82) is 0 Å². The van der Waals surface area contributed by atoms with Crippen LogP contribution in [-0.2, 0) is 0 Å². The van der Waals surface area contributed by atoms with Crippen molar-refractivity contribution < 1.29 is 9.18 Å². The summed E-state index contributed by atoms with van der Waals surface area (Å²) in [5, 5.41) is 0.461. The lowest BCUT2D eigenvalue weighted by molar-refractivity contribution is 0.103. The summed E-state index contributed by atoms with van der Waals surface area (Å²) in [7, 11) is 0. The Morgan fingerprint density at radius 1 is 1.09 bits per heavy atom. The van der Waals surface area contributed by atoms with E-state index >= 15 is 0 Å². The number of hydrogen-bond donors (Lipinski definition) is 1. The minimum absolute atomic E-state index is 0.238. The van der Waals surface area contributed by atoms with Gasteiger partial charge in [-0.2, -0.15) is 0 Å². The van der Waals surface area contributed by atoms with Gasteiger partial charge < -0.3 is 5.73 Å². The van der Waals surface area contributed by atoms with Crippen molar-refractivity contribution in [2.75, 3.05) is 5.73 Å². The van der Waals surface area contributed by atoms with E-state index in [-0.39, 0.29) is 11.6 Å². The first-order chi connectivity index (χ1) is 11.0. The van der Waals surface area contributed by atoms with E-state index < -0.39 is 0 Å². The van der Waals surface area contributed by atoms with Crippen LogP contribution in [0.4, 0.5) is 10.1 Å². The highest BCUT2D eigenvalue weighted by Crippen LogP contribution is 2.27. The molecule has 0 fully saturated rings. The lowest BCUT2D eigenvalue weighted by atomic mass is 9.99. The Bertz CT molecular complexity index is 878. The van der Waals surface area contributed by atoms with E-state index in [9.17, 15) is 9.18 Å². The van der Waals surface area contributed by atoms with Crippen molar-refractivity contribution in [3.8, 4) is 11.1 Å².